The average molecular weight is 722 g/mol. The van der Waals surface area contributed by atoms with Gasteiger partial charge in [0.1, 0.15) is 5.78 Å². The predicted molar refractivity (Wildman–Crippen MR) is 209 cm³/mol. The van der Waals surface area contributed by atoms with Gasteiger partial charge in [-0.25, -0.2) is 0 Å². The number of hydrogen-bond acceptors (Lipinski definition) is 7. The first-order chi connectivity index (χ1) is 24.5. The van der Waals surface area contributed by atoms with Gasteiger partial charge in [0.25, 0.3) is 0 Å². The number of allylic oxidation sites excluding steroid dienone is 1. The fourth-order valence-electron chi connectivity index (χ4n) is 6.63. The Labute approximate surface area is 313 Å². The smallest absolute Gasteiger partial charge is 0.305 e. The minimum Gasteiger partial charge on any atom is -0.499 e. The predicted octanol–water partition coefficient (Wildman–Crippen LogP) is 11.2. The summed E-state index contributed by atoms with van der Waals surface area (Å²) in [5.41, 5.74) is 0. The van der Waals surface area contributed by atoms with Gasteiger partial charge in [0, 0.05) is 50.6 Å². The van der Waals surface area contributed by atoms with E-state index in [2.05, 4.69) is 34.3 Å². The molecule has 2 unspecified atom stereocenters. The molecule has 0 saturated carbocycles. The molecule has 1 heterocycles. The Hall–Kier alpha value is -2.38. The van der Waals surface area contributed by atoms with Crippen molar-refractivity contribution in [2.24, 2.45) is 5.92 Å². The molecule has 1 aliphatic rings. The first-order valence-corrected chi connectivity index (χ1v) is 21.0. The maximum Gasteiger partial charge on any atom is 0.305 e. The molecule has 2 atom stereocenters. The molecule has 0 radical (unpaired) electrons. The average Bonchev–Trinajstić information content (AvgIpc) is 3.48. The van der Waals surface area contributed by atoms with Crippen LogP contribution in [0.5, 0.6) is 0 Å². The van der Waals surface area contributed by atoms with Crippen LogP contribution in [0.25, 0.3) is 0 Å². The molecule has 51 heavy (non-hydrogen) atoms. The highest BCUT2D eigenvalue weighted by Crippen LogP contribution is 2.27. The molecular weight excluding hydrogens is 642 g/mol. The molecule has 1 fully saturated rings. The first kappa shape index (κ1) is 48.6. The van der Waals surface area contributed by atoms with Crippen LogP contribution in [0.2, 0.25) is 0 Å². The van der Waals surface area contributed by atoms with Crippen molar-refractivity contribution in [1.29, 1.82) is 0 Å². The van der Waals surface area contributed by atoms with Crippen molar-refractivity contribution in [2.75, 3.05) is 19.8 Å². The van der Waals surface area contributed by atoms with Gasteiger partial charge in [-0.2, -0.15) is 0 Å². The Morgan fingerprint density at radius 1 is 0.627 bits per heavy atom. The van der Waals surface area contributed by atoms with E-state index in [9.17, 15) is 19.2 Å². The van der Waals surface area contributed by atoms with Crippen LogP contribution in [0.15, 0.2) is 12.3 Å². The molecule has 0 aromatic heterocycles. The molecule has 1 rings (SSSR count). The third-order valence-electron chi connectivity index (χ3n) is 9.70. The topological polar surface area (TPSA) is 99.2 Å². The van der Waals surface area contributed by atoms with E-state index >= 15 is 0 Å². The molecule has 0 aliphatic carbocycles. The van der Waals surface area contributed by atoms with Gasteiger partial charge in [0.2, 0.25) is 5.91 Å². The van der Waals surface area contributed by atoms with Crippen molar-refractivity contribution < 1.29 is 33.4 Å². The van der Waals surface area contributed by atoms with Crippen LogP contribution in [-0.4, -0.2) is 60.4 Å². The van der Waals surface area contributed by atoms with Crippen LogP contribution < -0.4 is 0 Å². The Kier molecular flexibility index (Phi) is 31.9. The maximum absolute atomic E-state index is 12.9. The van der Waals surface area contributed by atoms with Gasteiger partial charge >= 0.3 is 11.9 Å². The zero-order valence-electron chi connectivity index (χ0n) is 34.0. The monoisotopic (exact) mass is 722 g/mol. The number of ketones is 1. The van der Waals surface area contributed by atoms with Gasteiger partial charge in [-0.3, -0.25) is 19.2 Å². The Balaban J connectivity index is 0.00000177. The van der Waals surface area contributed by atoms with E-state index in [1.807, 2.05) is 11.8 Å². The van der Waals surface area contributed by atoms with Crippen molar-refractivity contribution in [3.8, 4) is 0 Å². The molecule has 8 nitrogen and oxygen atoms in total. The molecule has 0 N–H and O–H groups in total. The number of unbranched alkanes of at least 4 members (excludes halogenated alkanes) is 15. The lowest BCUT2D eigenvalue weighted by molar-refractivity contribution is -0.150. The SMILES string of the molecule is C=C(C)OCCCCCCCC.CCCCCCCCC(=O)OCC(COC(=O)CCCCCCCC)CC(=O)CCC1CCC(C)N1C(C)=O. The van der Waals surface area contributed by atoms with E-state index in [0.717, 1.165) is 63.7 Å². The Morgan fingerprint density at radius 2 is 1.08 bits per heavy atom. The lowest BCUT2D eigenvalue weighted by Gasteiger charge is -2.27. The highest BCUT2D eigenvalue weighted by Gasteiger charge is 2.32. The van der Waals surface area contributed by atoms with Crippen LogP contribution in [0.4, 0.5) is 0 Å². The minimum atomic E-state index is -0.342. The van der Waals surface area contributed by atoms with Crippen molar-refractivity contribution in [2.45, 2.75) is 214 Å². The fourth-order valence-corrected chi connectivity index (χ4v) is 6.63. The quantitative estimate of drug-likeness (QED) is 0.0399. The lowest BCUT2D eigenvalue weighted by atomic mass is 9.99. The summed E-state index contributed by atoms with van der Waals surface area (Å²) in [5.74, 6) is 0.109. The number of amides is 1. The summed E-state index contributed by atoms with van der Waals surface area (Å²) >= 11 is 0. The third kappa shape index (κ3) is 28.8. The number of Topliss-reactive ketones (excluding diaryl/α,β-unsaturated/α-hetero) is 1. The van der Waals surface area contributed by atoms with Crippen LogP contribution in [0, 0.1) is 5.92 Å². The second-order valence-electron chi connectivity index (χ2n) is 14.9. The minimum absolute atomic E-state index is 0.0574. The normalized spacial score (nSPS) is 15.3. The molecule has 0 bridgehead atoms. The van der Waals surface area contributed by atoms with E-state index < -0.39 is 0 Å². The highest BCUT2D eigenvalue weighted by atomic mass is 16.5. The molecule has 0 spiro atoms. The molecule has 298 valence electrons. The number of esters is 2. The van der Waals surface area contributed by atoms with Gasteiger partial charge in [-0.05, 0) is 52.4 Å². The summed E-state index contributed by atoms with van der Waals surface area (Å²) in [6.45, 7) is 16.9. The lowest BCUT2D eigenvalue weighted by Crippen LogP contribution is -2.38. The van der Waals surface area contributed by atoms with Gasteiger partial charge < -0.3 is 19.1 Å². The van der Waals surface area contributed by atoms with Crippen molar-refractivity contribution in [1.82, 2.24) is 4.90 Å². The summed E-state index contributed by atoms with van der Waals surface area (Å²) in [4.78, 5) is 51.4. The summed E-state index contributed by atoms with van der Waals surface area (Å²) in [5, 5.41) is 0. The van der Waals surface area contributed by atoms with E-state index in [1.54, 1.807) is 6.92 Å². The van der Waals surface area contributed by atoms with Crippen LogP contribution in [0.3, 0.4) is 0 Å². The fraction of sp³-hybridized carbons (Fsp3) is 0.860. The van der Waals surface area contributed by atoms with Crippen LogP contribution >= 0.6 is 0 Å². The number of hydrogen-bond donors (Lipinski definition) is 0. The zero-order valence-corrected chi connectivity index (χ0v) is 34.0. The van der Waals surface area contributed by atoms with Crippen molar-refractivity contribution >= 4 is 23.6 Å². The summed E-state index contributed by atoms with van der Waals surface area (Å²) < 4.78 is 16.3. The summed E-state index contributed by atoms with van der Waals surface area (Å²) in [7, 11) is 0. The summed E-state index contributed by atoms with van der Waals surface area (Å²) in [6.07, 6.45) is 24.9. The van der Waals surface area contributed by atoms with Gasteiger partial charge in [0.15, 0.2) is 0 Å². The molecular formula is C43H79NO7. The third-order valence-corrected chi connectivity index (χ3v) is 9.70. The number of carbonyl (C=O) groups excluding carboxylic acids is 4. The summed E-state index contributed by atoms with van der Waals surface area (Å²) in [6, 6.07) is 0.317. The van der Waals surface area contributed by atoms with Crippen molar-refractivity contribution in [3.05, 3.63) is 12.3 Å². The molecule has 8 heteroatoms. The van der Waals surface area contributed by atoms with Gasteiger partial charge in [-0.1, -0.05) is 124 Å². The highest BCUT2D eigenvalue weighted by molar-refractivity contribution is 5.79. The van der Waals surface area contributed by atoms with E-state index in [1.165, 1.54) is 77.0 Å². The number of ether oxygens (including phenoxy) is 3. The van der Waals surface area contributed by atoms with Crippen LogP contribution in [-0.2, 0) is 33.4 Å². The number of rotatable bonds is 31. The zero-order chi connectivity index (χ0) is 38.1. The van der Waals surface area contributed by atoms with Gasteiger partial charge in [0.05, 0.1) is 25.6 Å². The largest absolute Gasteiger partial charge is 0.499 e. The Morgan fingerprint density at radius 3 is 1.53 bits per heavy atom. The number of carbonyl (C=O) groups is 4. The number of nitrogens with zero attached hydrogens (tertiary/aromatic N) is 1. The second-order valence-corrected chi connectivity index (χ2v) is 14.9. The second kappa shape index (κ2) is 33.5. The molecule has 0 aromatic carbocycles. The molecule has 1 saturated heterocycles. The van der Waals surface area contributed by atoms with Crippen LogP contribution in [0.1, 0.15) is 202 Å². The molecule has 0 aromatic rings. The van der Waals surface area contributed by atoms with Gasteiger partial charge in [-0.15, -0.1) is 0 Å². The standard InChI is InChI=1S/C32H57NO6.C11H22O/c1-5-7-9-11-13-15-17-31(36)38-24-28(25-39-32(37)18-16-14-12-10-8-6-2)23-30(35)22-21-29-20-19-26(3)33(29)27(4)34;1-4-5-6-7-8-9-10-12-11(2)3/h26,28-29H,5-25H2,1-4H3;2,4-10H2,1,3H3. The van der Waals surface area contributed by atoms with E-state index in [0.29, 0.717) is 25.7 Å². The van der Waals surface area contributed by atoms with E-state index in [4.69, 9.17) is 14.2 Å². The first-order valence-electron chi connectivity index (χ1n) is 21.0. The van der Waals surface area contributed by atoms with E-state index in [-0.39, 0.29) is 61.3 Å². The number of likely N-dealkylation sites (tertiary alicyclic amines) is 1. The Bertz CT molecular complexity index is 888. The molecule has 1 aliphatic heterocycles. The van der Waals surface area contributed by atoms with Crippen molar-refractivity contribution in [3.63, 3.8) is 0 Å². The molecule has 1 amide bonds. The maximum atomic E-state index is 12.9.